The van der Waals surface area contributed by atoms with E-state index in [1.165, 1.54) is 24.5 Å². The van der Waals surface area contributed by atoms with Crippen LogP contribution in [0.2, 0.25) is 0 Å². The summed E-state index contributed by atoms with van der Waals surface area (Å²) in [6.45, 7) is 4.55. The number of thiazole rings is 1. The molecule has 2 aromatic rings. The first-order valence-corrected chi connectivity index (χ1v) is 6.92. The van der Waals surface area contributed by atoms with E-state index in [0.717, 1.165) is 10.6 Å². The number of hydrogen-bond acceptors (Lipinski definition) is 4. The second-order valence-corrected chi connectivity index (χ2v) is 5.62. The zero-order valence-electron chi connectivity index (χ0n) is 11.2. The number of benzene rings is 1. The maximum Gasteiger partial charge on any atom is 0.137 e. The number of hydrogen-bond donors (Lipinski definition) is 1. The summed E-state index contributed by atoms with van der Waals surface area (Å²) in [7, 11) is 1.52. The number of rotatable bonds is 4. The van der Waals surface area contributed by atoms with Crippen LogP contribution in [-0.2, 0) is 6.54 Å². The predicted molar refractivity (Wildman–Crippen MR) is 76.0 cm³/mol. The van der Waals surface area contributed by atoms with Gasteiger partial charge in [-0.1, -0.05) is 13.8 Å². The van der Waals surface area contributed by atoms with Crippen LogP contribution < -0.4 is 10.5 Å². The number of methoxy groups -OCH3 is 1. The Labute approximate surface area is 116 Å². The van der Waals surface area contributed by atoms with Crippen molar-refractivity contribution in [2.75, 3.05) is 7.11 Å². The number of nitrogens with zero attached hydrogens (tertiary/aromatic N) is 1. The number of ether oxygens (including phenoxy) is 1. The summed E-state index contributed by atoms with van der Waals surface area (Å²) in [5.74, 6) is 0.456. The summed E-state index contributed by atoms with van der Waals surface area (Å²) in [5, 5.41) is 0.671. The van der Waals surface area contributed by atoms with Crippen LogP contribution in [0.25, 0.3) is 10.6 Å². The molecule has 0 atom stereocenters. The molecule has 0 radical (unpaired) electrons. The second-order valence-electron chi connectivity index (χ2n) is 4.53. The highest BCUT2D eigenvalue weighted by molar-refractivity contribution is 7.15. The zero-order chi connectivity index (χ0) is 14.0. The van der Waals surface area contributed by atoms with Gasteiger partial charge in [-0.3, -0.25) is 0 Å². The molecule has 1 heterocycles. The van der Waals surface area contributed by atoms with Crippen LogP contribution in [0.4, 0.5) is 4.39 Å². The van der Waals surface area contributed by atoms with Crippen molar-refractivity contribution >= 4 is 11.3 Å². The van der Waals surface area contributed by atoms with Gasteiger partial charge in [0.15, 0.2) is 0 Å². The molecule has 2 rings (SSSR count). The van der Waals surface area contributed by atoms with Gasteiger partial charge < -0.3 is 10.5 Å². The molecule has 0 saturated heterocycles. The summed E-state index contributed by atoms with van der Waals surface area (Å²) in [5.41, 5.74) is 7.17. The lowest BCUT2D eigenvalue weighted by atomic mass is 10.1. The van der Waals surface area contributed by atoms with Gasteiger partial charge in [-0.05, 0) is 18.1 Å². The predicted octanol–water partition coefficient (Wildman–Crippen LogP) is 3.54. The normalized spacial score (nSPS) is 11.1. The van der Waals surface area contributed by atoms with Crippen molar-refractivity contribution in [3.05, 3.63) is 34.6 Å². The standard InChI is InChI=1S/C14H17FN2OS/c1-8(2)13-12(7-16)19-14(17-13)10-5-4-9(18-3)6-11(10)15/h4-6,8H,7,16H2,1-3H3. The van der Waals surface area contributed by atoms with Gasteiger partial charge in [0.25, 0.3) is 0 Å². The number of aromatic nitrogens is 1. The van der Waals surface area contributed by atoms with Crippen molar-refractivity contribution in [2.45, 2.75) is 26.3 Å². The Morgan fingerprint density at radius 3 is 2.63 bits per heavy atom. The van der Waals surface area contributed by atoms with E-state index in [1.807, 2.05) is 0 Å². The molecule has 2 N–H and O–H groups in total. The van der Waals surface area contributed by atoms with Crippen molar-refractivity contribution in [3.63, 3.8) is 0 Å². The molecule has 0 spiro atoms. The quantitative estimate of drug-likeness (QED) is 0.932. The maximum atomic E-state index is 14.0. The van der Waals surface area contributed by atoms with Gasteiger partial charge in [0.2, 0.25) is 0 Å². The molecular formula is C14H17FN2OS. The van der Waals surface area contributed by atoms with Crippen molar-refractivity contribution < 1.29 is 9.13 Å². The molecule has 0 saturated carbocycles. The van der Waals surface area contributed by atoms with Gasteiger partial charge in [-0.25, -0.2) is 9.37 Å². The topological polar surface area (TPSA) is 48.1 Å². The van der Waals surface area contributed by atoms with Crippen molar-refractivity contribution in [1.29, 1.82) is 0 Å². The summed E-state index contributed by atoms with van der Waals surface area (Å²) in [6, 6.07) is 4.79. The van der Waals surface area contributed by atoms with E-state index in [0.29, 0.717) is 22.9 Å². The van der Waals surface area contributed by atoms with Gasteiger partial charge in [-0.15, -0.1) is 11.3 Å². The lowest BCUT2D eigenvalue weighted by Crippen LogP contribution is -1.99. The highest BCUT2D eigenvalue weighted by Gasteiger charge is 2.16. The first-order valence-electron chi connectivity index (χ1n) is 6.10. The highest BCUT2D eigenvalue weighted by atomic mass is 32.1. The number of halogens is 1. The molecule has 0 aliphatic heterocycles. The fourth-order valence-electron chi connectivity index (χ4n) is 1.87. The summed E-state index contributed by atoms with van der Waals surface area (Å²) in [6.07, 6.45) is 0. The molecule has 0 amide bonds. The Balaban J connectivity index is 2.47. The minimum absolute atomic E-state index is 0.282. The van der Waals surface area contributed by atoms with Crippen molar-refractivity contribution in [3.8, 4) is 16.3 Å². The lowest BCUT2D eigenvalue weighted by molar-refractivity contribution is 0.411. The SMILES string of the molecule is COc1ccc(-c2nc(C(C)C)c(CN)s2)c(F)c1. The minimum atomic E-state index is -0.327. The molecule has 102 valence electrons. The summed E-state index contributed by atoms with van der Waals surface area (Å²) >= 11 is 1.45. The second kappa shape index (κ2) is 5.67. The van der Waals surface area contributed by atoms with Gasteiger partial charge in [0.1, 0.15) is 16.6 Å². The molecule has 5 heteroatoms. The largest absolute Gasteiger partial charge is 0.497 e. The van der Waals surface area contributed by atoms with E-state index in [4.69, 9.17) is 10.5 Å². The first-order chi connectivity index (χ1) is 9.06. The third-order valence-electron chi connectivity index (χ3n) is 2.87. The van der Waals surface area contributed by atoms with Crippen LogP contribution >= 0.6 is 11.3 Å². The molecule has 1 aromatic heterocycles. The average molecular weight is 280 g/mol. The van der Waals surface area contributed by atoms with Gasteiger partial charge in [0.05, 0.1) is 12.8 Å². The van der Waals surface area contributed by atoms with Crippen molar-refractivity contribution in [2.24, 2.45) is 5.73 Å². The Morgan fingerprint density at radius 1 is 1.42 bits per heavy atom. The smallest absolute Gasteiger partial charge is 0.137 e. The Kier molecular flexibility index (Phi) is 4.17. The van der Waals surface area contributed by atoms with E-state index in [-0.39, 0.29) is 11.7 Å². The fourth-order valence-corrected chi connectivity index (χ4v) is 2.99. The maximum absolute atomic E-state index is 14.0. The Bertz CT molecular complexity index is 581. The monoisotopic (exact) mass is 280 g/mol. The van der Waals surface area contributed by atoms with Crippen LogP contribution in [0.15, 0.2) is 18.2 Å². The van der Waals surface area contributed by atoms with E-state index < -0.39 is 0 Å². The van der Waals surface area contributed by atoms with E-state index in [2.05, 4.69) is 18.8 Å². The van der Waals surface area contributed by atoms with Crippen LogP contribution in [0, 0.1) is 5.82 Å². The molecule has 0 bridgehead atoms. The van der Waals surface area contributed by atoms with E-state index in [9.17, 15) is 4.39 Å². The van der Waals surface area contributed by atoms with Crippen LogP contribution in [-0.4, -0.2) is 12.1 Å². The van der Waals surface area contributed by atoms with E-state index >= 15 is 0 Å². The molecule has 0 unspecified atom stereocenters. The fraction of sp³-hybridized carbons (Fsp3) is 0.357. The molecule has 0 aliphatic rings. The third-order valence-corrected chi connectivity index (χ3v) is 3.99. The van der Waals surface area contributed by atoms with Crippen molar-refractivity contribution in [1.82, 2.24) is 4.98 Å². The molecule has 19 heavy (non-hydrogen) atoms. The van der Waals surface area contributed by atoms with E-state index in [1.54, 1.807) is 12.1 Å². The average Bonchev–Trinajstić information content (AvgIpc) is 2.82. The van der Waals surface area contributed by atoms with Crippen LogP contribution in [0.1, 0.15) is 30.3 Å². The third kappa shape index (κ3) is 2.77. The van der Waals surface area contributed by atoms with Gasteiger partial charge >= 0.3 is 0 Å². The highest BCUT2D eigenvalue weighted by Crippen LogP contribution is 2.33. The first kappa shape index (κ1) is 14.0. The Hall–Kier alpha value is -1.46. The van der Waals surface area contributed by atoms with Gasteiger partial charge in [0, 0.05) is 23.1 Å². The molecule has 0 aliphatic carbocycles. The molecule has 1 aromatic carbocycles. The summed E-state index contributed by atoms with van der Waals surface area (Å²) in [4.78, 5) is 5.54. The van der Waals surface area contributed by atoms with Crippen LogP contribution in [0.3, 0.4) is 0 Å². The molecule has 0 fully saturated rings. The number of nitrogens with two attached hydrogens (primary N) is 1. The minimum Gasteiger partial charge on any atom is -0.497 e. The Morgan fingerprint density at radius 2 is 2.16 bits per heavy atom. The molecular weight excluding hydrogens is 263 g/mol. The zero-order valence-corrected chi connectivity index (χ0v) is 12.1. The molecule has 3 nitrogen and oxygen atoms in total. The van der Waals surface area contributed by atoms with Gasteiger partial charge in [-0.2, -0.15) is 0 Å². The van der Waals surface area contributed by atoms with Crippen LogP contribution in [0.5, 0.6) is 5.75 Å². The lowest BCUT2D eigenvalue weighted by Gasteiger charge is -2.03. The summed E-state index contributed by atoms with van der Waals surface area (Å²) < 4.78 is 19.0.